The number of hydrogen-bond acceptors (Lipinski definition) is 5. The number of hydrogen-bond donors (Lipinski definition) is 4. The SMILES string of the molecule is CCNC(=O)c1ccc(OCC(O)CNC(C)(C)CO)c(Cl)c1. The van der Waals surface area contributed by atoms with Gasteiger partial charge in [0.1, 0.15) is 18.5 Å². The zero-order valence-corrected chi connectivity index (χ0v) is 14.5. The summed E-state index contributed by atoms with van der Waals surface area (Å²) in [6, 6.07) is 4.75. The van der Waals surface area contributed by atoms with Crippen LogP contribution >= 0.6 is 11.6 Å². The van der Waals surface area contributed by atoms with Crippen LogP contribution in [-0.2, 0) is 0 Å². The molecule has 1 atom stereocenters. The molecule has 0 fully saturated rings. The molecule has 0 aliphatic heterocycles. The number of carbonyl (C=O) groups excluding carboxylic acids is 1. The molecule has 4 N–H and O–H groups in total. The minimum absolute atomic E-state index is 0.0340. The summed E-state index contributed by atoms with van der Waals surface area (Å²) in [5.41, 5.74) is -0.0106. The number of aliphatic hydroxyl groups excluding tert-OH is 2. The standard InChI is InChI=1S/C16H25ClN2O4/c1-4-18-15(22)11-5-6-14(13(17)7-11)23-9-12(21)8-19-16(2,3)10-20/h5-7,12,19-21H,4,8-10H2,1-3H3,(H,18,22). The molecule has 1 amide bonds. The van der Waals surface area contributed by atoms with Crippen LogP contribution in [0.2, 0.25) is 5.02 Å². The van der Waals surface area contributed by atoms with Crippen molar-refractivity contribution in [1.82, 2.24) is 10.6 Å². The predicted molar refractivity (Wildman–Crippen MR) is 90.1 cm³/mol. The molecule has 0 aliphatic carbocycles. The Morgan fingerprint density at radius 2 is 2.13 bits per heavy atom. The van der Waals surface area contributed by atoms with Gasteiger partial charge in [0.05, 0.1) is 11.6 Å². The minimum atomic E-state index is -0.750. The van der Waals surface area contributed by atoms with Gasteiger partial charge in [-0.2, -0.15) is 0 Å². The summed E-state index contributed by atoms with van der Waals surface area (Å²) in [7, 11) is 0. The average molecular weight is 345 g/mol. The van der Waals surface area contributed by atoms with Crippen LogP contribution in [0.25, 0.3) is 0 Å². The first-order chi connectivity index (χ1) is 10.8. The molecule has 1 aromatic carbocycles. The molecule has 0 radical (unpaired) electrons. The second-order valence-electron chi connectivity index (χ2n) is 5.89. The van der Waals surface area contributed by atoms with Gasteiger partial charge in [-0.15, -0.1) is 0 Å². The summed E-state index contributed by atoms with van der Waals surface area (Å²) >= 11 is 6.09. The van der Waals surface area contributed by atoms with Crippen molar-refractivity contribution in [2.75, 3.05) is 26.3 Å². The number of halogens is 1. The molecule has 6 nitrogen and oxygen atoms in total. The first-order valence-corrected chi connectivity index (χ1v) is 7.91. The molecular weight excluding hydrogens is 320 g/mol. The first-order valence-electron chi connectivity index (χ1n) is 7.53. The normalized spacial score (nSPS) is 12.8. The second kappa shape index (κ2) is 9.08. The lowest BCUT2D eigenvalue weighted by molar-refractivity contribution is 0.0905. The van der Waals surface area contributed by atoms with Crippen LogP contribution < -0.4 is 15.4 Å². The Morgan fingerprint density at radius 3 is 2.70 bits per heavy atom. The van der Waals surface area contributed by atoms with E-state index in [0.717, 1.165) is 0 Å². The lowest BCUT2D eigenvalue weighted by Crippen LogP contribution is -2.47. The highest BCUT2D eigenvalue weighted by Gasteiger charge is 2.17. The zero-order chi connectivity index (χ0) is 17.5. The van der Waals surface area contributed by atoms with Crippen molar-refractivity contribution in [3.05, 3.63) is 28.8 Å². The van der Waals surface area contributed by atoms with E-state index in [1.807, 2.05) is 20.8 Å². The highest BCUT2D eigenvalue weighted by molar-refractivity contribution is 6.32. The van der Waals surface area contributed by atoms with Gasteiger partial charge in [0, 0.05) is 24.2 Å². The highest BCUT2D eigenvalue weighted by Crippen LogP contribution is 2.25. The van der Waals surface area contributed by atoms with Gasteiger partial charge in [0.15, 0.2) is 0 Å². The molecule has 130 valence electrons. The van der Waals surface area contributed by atoms with E-state index >= 15 is 0 Å². The zero-order valence-electron chi connectivity index (χ0n) is 13.7. The number of rotatable bonds is 9. The Morgan fingerprint density at radius 1 is 1.43 bits per heavy atom. The van der Waals surface area contributed by atoms with E-state index in [4.69, 9.17) is 21.4 Å². The van der Waals surface area contributed by atoms with Gasteiger partial charge < -0.3 is 25.6 Å². The fourth-order valence-corrected chi connectivity index (χ4v) is 1.95. The highest BCUT2D eigenvalue weighted by atomic mass is 35.5. The van der Waals surface area contributed by atoms with E-state index in [1.54, 1.807) is 12.1 Å². The van der Waals surface area contributed by atoms with Crippen molar-refractivity contribution in [1.29, 1.82) is 0 Å². The molecule has 0 saturated heterocycles. The smallest absolute Gasteiger partial charge is 0.251 e. The van der Waals surface area contributed by atoms with E-state index < -0.39 is 11.6 Å². The molecule has 1 rings (SSSR count). The van der Waals surface area contributed by atoms with E-state index in [1.165, 1.54) is 6.07 Å². The Labute approximate surface area is 141 Å². The summed E-state index contributed by atoms with van der Waals surface area (Å²) in [6.07, 6.45) is -0.750. The Hall–Kier alpha value is -1.34. The minimum Gasteiger partial charge on any atom is -0.489 e. The molecule has 1 aromatic rings. The Kier molecular flexibility index (Phi) is 7.78. The fourth-order valence-electron chi connectivity index (χ4n) is 1.72. The van der Waals surface area contributed by atoms with Gasteiger partial charge in [0.2, 0.25) is 0 Å². The number of benzene rings is 1. The summed E-state index contributed by atoms with van der Waals surface area (Å²) < 4.78 is 5.48. The van der Waals surface area contributed by atoms with Crippen LogP contribution in [-0.4, -0.2) is 54.1 Å². The monoisotopic (exact) mass is 344 g/mol. The third-order valence-electron chi connectivity index (χ3n) is 3.17. The predicted octanol–water partition coefficient (Wildman–Crippen LogP) is 1.19. The van der Waals surface area contributed by atoms with Crippen LogP contribution in [0, 0.1) is 0 Å². The number of nitrogens with one attached hydrogen (secondary N) is 2. The largest absolute Gasteiger partial charge is 0.489 e. The quantitative estimate of drug-likeness (QED) is 0.540. The Balaban J connectivity index is 2.53. The maximum atomic E-state index is 11.7. The van der Waals surface area contributed by atoms with Crippen LogP contribution in [0.5, 0.6) is 5.75 Å². The molecule has 0 aromatic heterocycles. The maximum absolute atomic E-state index is 11.7. The molecule has 0 aliphatic rings. The number of carbonyl (C=O) groups is 1. The van der Waals surface area contributed by atoms with Crippen molar-refractivity contribution < 1.29 is 19.7 Å². The summed E-state index contributed by atoms with van der Waals surface area (Å²) in [5, 5.41) is 25.1. The number of ether oxygens (including phenoxy) is 1. The lowest BCUT2D eigenvalue weighted by atomic mass is 10.1. The summed E-state index contributed by atoms with van der Waals surface area (Å²) in [6.45, 7) is 6.34. The number of amides is 1. The van der Waals surface area contributed by atoms with Crippen LogP contribution in [0.3, 0.4) is 0 Å². The van der Waals surface area contributed by atoms with Gasteiger partial charge >= 0.3 is 0 Å². The van der Waals surface area contributed by atoms with E-state index in [0.29, 0.717) is 22.9 Å². The van der Waals surface area contributed by atoms with E-state index in [9.17, 15) is 9.90 Å². The number of aliphatic hydroxyl groups is 2. The van der Waals surface area contributed by atoms with Gasteiger partial charge in [-0.05, 0) is 39.0 Å². The maximum Gasteiger partial charge on any atom is 0.251 e. The van der Waals surface area contributed by atoms with Crippen LogP contribution in [0.4, 0.5) is 0 Å². The van der Waals surface area contributed by atoms with Gasteiger partial charge in [-0.1, -0.05) is 11.6 Å². The number of β-amino-alcohol motifs (C(OH)–C–C–N with tert-alkyl or cyclic N) is 1. The topological polar surface area (TPSA) is 90.8 Å². The van der Waals surface area contributed by atoms with Crippen LogP contribution in [0.1, 0.15) is 31.1 Å². The van der Waals surface area contributed by atoms with Crippen molar-refractivity contribution in [2.24, 2.45) is 0 Å². The molecule has 0 bridgehead atoms. The third kappa shape index (κ3) is 6.74. The van der Waals surface area contributed by atoms with Crippen molar-refractivity contribution in [2.45, 2.75) is 32.4 Å². The van der Waals surface area contributed by atoms with Gasteiger partial charge in [-0.25, -0.2) is 0 Å². The first kappa shape index (κ1) is 19.7. The average Bonchev–Trinajstić information content (AvgIpc) is 2.52. The fraction of sp³-hybridized carbons (Fsp3) is 0.562. The molecule has 0 saturated carbocycles. The molecule has 7 heteroatoms. The molecule has 23 heavy (non-hydrogen) atoms. The van der Waals surface area contributed by atoms with Crippen LogP contribution in [0.15, 0.2) is 18.2 Å². The van der Waals surface area contributed by atoms with Crippen molar-refractivity contribution >= 4 is 17.5 Å². The molecule has 1 unspecified atom stereocenters. The van der Waals surface area contributed by atoms with Crippen molar-refractivity contribution in [3.63, 3.8) is 0 Å². The molecule has 0 spiro atoms. The third-order valence-corrected chi connectivity index (χ3v) is 3.47. The molecular formula is C16H25ClN2O4. The second-order valence-corrected chi connectivity index (χ2v) is 6.30. The van der Waals surface area contributed by atoms with Gasteiger partial charge in [-0.3, -0.25) is 4.79 Å². The summed E-state index contributed by atoms with van der Waals surface area (Å²) in [5.74, 6) is 0.205. The van der Waals surface area contributed by atoms with Gasteiger partial charge in [0.25, 0.3) is 5.91 Å². The summed E-state index contributed by atoms with van der Waals surface area (Å²) in [4.78, 5) is 11.7. The Bertz CT molecular complexity index is 523. The van der Waals surface area contributed by atoms with E-state index in [-0.39, 0.29) is 25.7 Å². The lowest BCUT2D eigenvalue weighted by Gasteiger charge is -2.25. The van der Waals surface area contributed by atoms with E-state index in [2.05, 4.69) is 10.6 Å². The molecule has 0 heterocycles. The van der Waals surface area contributed by atoms with Crippen molar-refractivity contribution in [3.8, 4) is 5.75 Å².